The summed E-state index contributed by atoms with van der Waals surface area (Å²) in [7, 11) is 0. The number of benzene rings is 3. The van der Waals surface area contributed by atoms with E-state index in [4.69, 9.17) is 33.2 Å². The smallest absolute Gasteiger partial charge is 0.455 e. The highest BCUT2D eigenvalue weighted by atomic mass is 16.7. The Morgan fingerprint density at radius 2 is 1.42 bits per heavy atom. The van der Waals surface area contributed by atoms with Crippen LogP contribution in [0, 0.1) is 63.1 Å². The van der Waals surface area contributed by atoms with Crippen molar-refractivity contribution in [2.45, 2.75) is 220 Å². The quantitative estimate of drug-likeness (QED) is 0.0647. The number of rotatable bonds is 17. The average Bonchev–Trinajstić information content (AvgIpc) is 0.759. The van der Waals surface area contributed by atoms with Gasteiger partial charge in [-0.05, 0) is 146 Å². The monoisotopic (exact) mass is 1270 g/mol. The van der Waals surface area contributed by atoms with Crippen LogP contribution in [0.4, 0.5) is 4.79 Å². The lowest BCUT2D eigenvalue weighted by Gasteiger charge is -2.67. The minimum Gasteiger partial charge on any atom is -0.455 e. The van der Waals surface area contributed by atoms with E-state index in [0.717, 1.165) is 32.1 Å². The number of amides is 1. The Kier molecular flexibility index (Phi) is 18.5. The molecule has 0 spiro atoms. The van der Waals surface area contributed by atoms with Crippen molar-refractivity contribution in [2.24, 2.45) is 63.1 Å². The molecular weight excluding hydrogens is 1170 g/mol. The third-order valence-corrected chi connectivity index (χ3v) is 24.2. The summed E-state index contributed by atoms with van der Waals surface area (Å²) in [5.74, 6) is -3.06. The Morgan fingerprint density at radius 3 is 2.05 bits per heavy atom. The average molecular weight is 1270 g/mol. The zero-order valence-corrected chi connectivity index (χ0v) is 55.4. The molecule has 7 aliphatic carbocycles. The first-order chi connectivity index (χ1) is 43.6. The largest absolute Gasteiger partial charge is 0.509 e. The summed E-state index contributed by atoms with van der Waals surface area (Å²) in [6, 6.07) is 23.3. The maximum Gasteiger partial charge on any atom is 0.509 e. The summed E-state index contributed by atoms with van der Waals surface area (Å²) in [6.45, 7) is 20.2. The van der Waals surface area contributed by atoms with Crippen LogP contribution in [-0.2, 0) is 52.3 Å². The Labute approximate surface area is 541 Å². The van der Waals surface area contributed by atoms with Crippen LogP contribution in [0.5, 0.6) is 0 Å². The molecule has 1 amide bonds. The van der Waals surface area contributed by atoms with Crippen LogP contribution in [0.3, 0.4) is 0 Å². The lowest BCUT2D eigenvalue weighted by atomic mass is 9.44. The second-order valence-corrected chi connectivity index (χ2v) is 30.0. The highest BCUT2D eigenvalue weighted by Gasteiger charge is 2.78. The molecule has 17 heteroatoms. The van der Waals surface area contributed by atoms with Crippen molar-refractivity contribution in [3.05, 3.63) is 130 Å². The van der Waals surface area contributed by atoms with E-state index in [-0.39, 0.29) is 40.7 Å². The first kappa shape index (κ1) is 66.8. The molecule has 5 saturated carbocycles. The molecule has 11 rings (SSSR count). The van der Waals surface area contributed by atoms with Gasteiger partial charge in [-0.2, -0.15) is 0 Å². The molecule has 3 aromatic carbocycles. The molecule has 19 atom stereocenters. The van der Waals surface area contributed by atoms with Crippen LogP contribution in [0.2, 0.25) is 0 Å². The maximum atomic E-state index is 16.0. The Morgan fingerprint density at radius 1 is 0.761 bits per heavy atom. The molecule has 8 unspecified atom stereocenters. The molecule has 92 heavy (non-hydrogen) atoms. The summed E-state index contributed by atoms with van der Waals surface area (Å²) >= 11 is 0. The third-order valence-electron chi connectivity index (χ3n) is 24.2. The molecule has 1 saturated heterocycles. The molecule has 6 fully saturated rings. The summed E-state index contributed by atoms with van der Waals surface area (Å²) in [5.41, 5.74) is -5.88. The minimum absolute atomic E-state index is 0.0243. The van der Waals surface area contributed by atoms with Gasteiger partial charge in [0.1, 0.15) is 36.1 Å². The van der Waals surface area contributed by atoms with Crippen molar-refractivity contribution in [1.82, 2.24) is 5.32 Å². The standard InChI is InChI=1S/C75H95NO16/c1-42(2)22-21-23-43(3)53-32-33-54-52-31-30-50-38-51(34-36-71(50,9)55(52)35-37-72(53,54)10)88-69(84)90-62(60(47-24-15-12-16-25-47)76-66(81)48-26-17-13-18-27-48)68(83)89-56-40-75(85)65(91-67(82)49-28-19-14-20-29-49)63-73(11,57(79)39-58-74(63,41-86-58)92-46(6)78)64(80)61(87-45(5)77)59(44(56)4)70(75,7)8/h12-20,24-30,42-43,51-58,60-63,65,79,85H,21-23,31-41H2,1-11H3,(H,76,81)/t43?,51?,52?,53?,54?,55?,56-,57-,58+,60-,61+,62+,63-,65-,71?,72?,73+,74-,75+/m1/s1. The fourth-order valence-electron chi connectivity index (χ4n) is 19.3. The number of Topliss-reactive ketones (excluding diaryl/α,β-unsaturated/α-hetero) is 1. The van der Waals surface area contributed by atoms with Crippen LogP contribution >= 0.6 is 0 Å². The number of hydrogen-bond donors (Lipinski definition) is 3. The van der Waals surface area contributed by atoms with E-state index in [1.54, 1.807) is 99.6 Å². The number of aliphatic hydroxyl groups is 2. The first-order valence-electron chi connectivity index (χ1n) is 33.7. The van der Waals surface area contributed by atoms with Crippen molar-refractivity contribution in [3.63, 3.8) is 0 Å². The number of carbonyl (C=O) groups excluding carboxylic acids is 7. The number of ether oxygens (including phenoxy) is 7. The van der Waals surface area contributed by atoms with Gasteiger partial charge in [-0.25, -0.2) is 14.4 Å². The number of nitrogens with one attached hydrogen (secondary N) is 1. The van der Waals surface area contributed by atoms with Gasteiger partial charge in [0.15, 0.2) is 17.5 Å². The lowest BCUT2D eigenvalue weighted by Crippen LogP contribution is -2.82. The van der Waals surface area contributed by atoms with Gasteiger partial charge in [0, 0.05) is 44.1 Å². The second-order valence-electron chi connectivity index (χ2n) is 30.0. The van der Waals surface area contributed by atoms with E-state index in [1.807, 2.05) is 0 Å². The predicted octanol–water partition coefficient (Wildman–Crippen LogP) is 12.3. The van der Waals surface area contributed by atoms with Gasteiger partial charge in [-0.15, -0.1) is 0 Å². The van der Waals surface area contributed by atoms with E-state index < -0.39 is 125 Å². The Balaban J connectivity index is 0.939. The molecule has 3 aromatic rings. The van der Waals surface area contributed by atoms with E-state index >= 15 is 9.59 Å². The van der Waals surface area contributed by atoms with Crippen LogP contribution in [-0.4, -0.2) is 112 Å². The number of carbonyl (C=O) groups is 7. The number of allylic oxidation sites excluding steroid dienone is 1. The molecular formula is C75H95NO16. The van der Waals surface area contributed by atoms with Gasteiger partial charge < -0.3 is 48.7 Å². The van der Waals surface area contributed by atoms with Crippen molar-refractivity contribution >= 4 is 41.7 Å². The fourth-order valence-corrected chi connectivity index (χ4v) is 19.3. The molecule has 1 aliphatic heterocycles. The summed E-state index contributed by atoms with van der Waals surface area (Å²) in [4.78, 5) is 103. The fraction of sp³-hybridized carbons (Fsp3) is 0.613. The minimum atomic E-state index is -2.48. The zero-order valence-electron chi connectivity index (χ0n) is 55.4. The molecule has 1 heterocycles. The third kappa shape index (κ3) is 11.6. The van der Waals surface area contributed by atoms with Crippen molar-refractivity contribution < 1.29 is 76.9 Å². The normalized spacial score (nSPS) is 36.0. The molecule has 17 nitrogen and oxygen atoms in total. The Hall–Kier alpha value is -6.69. The molecule has 3 N–H and O–H groups in total. The van der Waals surface area contributed by atoms with Gasteiger partial charge >= 0.3 is 30.0 Å². The van der Waals surface area contributed by atoms with Gasteiger partial charge in [0.05, 0.1) is 29.6 Å². The van der Waals surface area contributed by atoms with Gasteiger partial charge in [-0.3, -0.25) is 19.2 Å². The number of ketones is 1. The van der Waals surface area contributed by atoms with Crippen LogP contribution in [0.1, 0.15) is 192 Å². The second kappa shape index (κ2) is 25.6. The first-order valence-corrected chi connectivity index (χ1v) is 33.7. The highest BCUT2D eigenvalue weighted by molar-refractivity contribution is 5.96. The van der Waals surface area contributed by atoms with Crippen molar-refractivity contribution in [3.8, 4) is 0 Å². The number of fused-ring (bicyclic) bond motifs is 10. The number of aliphatic hydroxyl groups excluding tert-OH is 1. The Bertz CT molecular complexity index is 3360. The number of esters is 4. The molecule has 496 valence electrons. The summed E-state index contributed by atoms with van der Waals surface area (Å²) in [6.07, 6.45) is 1.35. The van der Waals surface area contributed by atoms with Crippen LogP contribution in [0.15, 0.2) is 114 Å². The van der Waals surface area contributed by atoms with Gasteiger partial charge in [0.25, 0.3) is 5.91 Å². The molecule has 2 bridgehead atoms. The van der Waals surface area contributed by atoms with E-state index in [9.17, 15) is 34.2 Å². The van der Waals surface area contributed by atoms with Crippen molar-refractivity contribution in [2.75, 3.05) is 6.61 Å². The van der Waals surface area contributed by atoms with E-state index in [1.165, 1.54) is 70.1 Å². The highest BCUT2D eigenvalue weighted by Crippen LogP contribution is 2.68. The molecule has 0 aromatic heterocycles. The molecule has 8 aliphatic rings. The van der Waals surface area contributed by atoms with Gasteiger partial charge in [-0.1, -0.05) is 146 Å². The molecule has 0 radical (unpaired) electrons. The van der Waals surface area contributed by atoms with E-state index in [0.29, 0.717) is 53.4 Å². The van der Waals surface area contributed by atoms with Gasteiger partial charge in [0.2, 0.25) is 6.10 Å². The van der Waals surface area contributed by atoms with Crippen LogP contribution in [0.25, 0.3) is 0 Å². The summed E-state index contributed by atoms with van der Waals surface area (Å²) < 4.78 is 44.1. The maximum absolute atomic E-state index is 16.0. The topological polar surface area (TPSA) is 237 Å². The van der Waals surface area contributed by atoms with Crippen molar-refractivity contribution in [1.29, 1.82) is 0 Å². The predicted molar refractivity (Wildman–Crippen MR) is 340 cm³/mol. The van der Waals surface area contributed by atoms with E-state index in [2.05, 4.69) is 46.0 Å². The summed E-state index contributed by atoms with van der Waals surface area (Å²) in [5, 5.41) is 29.6. The number of hydrogen-bond acceptors (Lipinski definition) is 16. The SMILES string of the molecule is CC(=O)O[C@@H]1C(=O)[C@@]2(C)[C@H](O)C[C@@H]3OC[C@]3(OC(C)=O)[C@@H]2[C@@H](OC(=O)c2ccccc2)[C@@]2(O)C[C@@H](OC(=O)[C@@H](OC(=O)OC3CCC4(C)C(=CCC5C4CCC4(C)C(C(C)CCCC(C)C)CCC54)C3)[C@H](NC(=O)c3ccccc3)c3ccccc3)C(C)=C1C2(C)C. The lowest BCUT2D eigenvalue weighted by molar-refractivity contribution is -0.346. The zero-order chi connectivity index (χ0) is 66.0. The van der Waals surface area contributed by atoms with Crippen LogP contribution < -0.4 is 5.32 Å².